The molecule has 0 bridgehead atoms. The first-order valence-electron chi connectivity index (χ1n) is 9.22. The predicted octanol–water partition coefficient (Wildman–Crippen LogP) is 2.99. The van der Waals surface area contributed by atoms with E-state index < -0.39 is 0 Å². The van der Waals surface area contributed by atoms with Gasteiger partial charge in [-0.3, -0.25) is 4.79 Å². The minimum absolute atomic E-state index is 0.124. The van der Waals surface area contributed by atoms with Crippen LogP contribution >= 0.6 is 0 Å². The van der Waals surface area contributed by atoms with E-state index >= 15 is 0 Å². The Balaban J connectivity index is 1.46. The van der Waals surface area contributed by atoms with Gasteiger partial charge in [-0.1, -0.05) is 12.8 Å². The van der Waals surface area contributed by atoms with Crippen molar-refractivity contribution in [1.29, 1.82) is 0 Å². The van der Waals surface area contributed by atoms with Crippen LogP contribution in [0.5, 0.6) is 0 Å². The van der Waals surface area contributed by atoms with Crippen molar-refractivity contribution in [2.45, 2.75) is 70.1 Å². The minimum Gasteiger partial charge on any atom is -0.445 e. The second kappa shape index (κ2) is 6.48. The fourth-order valence-electron chi connectivity index (χ4n) is 4.75. The van der Waals surface area contributed by atoms with Gasteiger partial charge >= 0.3 is 0 Å². The standard InChI is InChI=1S/C18H26N2O4/c1-2-22-14-10-13(18(14)7-3-4-8-18)20-17(21)15-16(24-11-19-15)12-6-5-9-23-12/h11-14H,2-10H2,1H3,(H,20,21)/t12-,13-,14-/m1/s1. The molecule has 3 aliphatic rings. The summed E-state index contributed by atoms with van der Waals surface area (Å²) in [4.78, 5) is 16.9. The van der Waals surface area contributed by atoms with Crippen molar-refractivity contribution in [1.82, 2.24) is 10.3 Å². The summed E-state index contributed by atoms with van der Waals surface area (Å²) in [6, 6.07) is 0.179. The van der Waals surface area contributed by atoms with Gasteiger partial charge in [-0.2, -0.15) is 0 Å². The number of oxazole rings is 1. The van der Waals surface area contributed by atoms with Gasteiger partial charge in [0.2, 0.25) is 0 Å². The van der Waals surface area contributed by atoms with Gasteiger partial charge in [0.05, 0.1) is 6.10 Å². The van der Waals surface area contributed by atoms with Gasteiger partial charge < -0.3 is 19.2 Å². The number of carbonyl (C=O) groups is 1. The summed E-state index contributed by atoms with van der Waals surface area (Å²) < 4.78 is 17.0. The molecule has 0 radical (unpaired) electrons. The van der Waals surface area contributed by atoms with Crippen molar-refractivity contribution < 1.29 is 18.7 Å². The van der Waals surface area contributed by atoms with Gasteiger partial charge in [-0.05, 0) is 39.0 Å². The van der Waals surface area contributed by atoms with Crippen molar-refractivity contribution in [2.75, 3.05) is 13.2 Å². The maximum Gasteiger partial charge on any atom is 0.273 e. The summed E-state index contributed by atoms with van der Waals surface area (Å²) in [6.45, 7) is 3.49. The van der Waals surface area contributed by atoms with E-state index in [2.05, 4.69) is 10.3 Å². The Hall–Kier alpha value is -1.40. The second-order valence-electron chi connectivity index (χ2n) is 7.21. The van der Waals surface area contributed by atoms with E-state index in [0.717, 1.165) is 38.7 Å². The van der Waals surface area contributed by atoms with Crippen LogP contribution in [0.4, 0.5) is 0 Å². The molecule has 6 heteroatoms. The van der Waals surface area contributed by atoms with Crippen LogP contribution in [-0.2, 0) is 9.47 Å². The van der Waals surface area contributed by atoms with Crippen molar-refractivity contribution in [3.8, 4) is 0 Å². The van der Waals surface area contributed by atoms with E-state index in [1.807, 2.05) is 6.92 Å². The van der Waals surface area contributed by atoms with E-state index in [1.165, 1.54) is 19.2 Å². The van der Waals surface area contributed by atoms with Gasteiger partial charge in [-0.25, -0.2) is 4.98 Å². The molecule has 6 nitrogen and oxygen atoms in total. The lowest BCUT2D eigenvalue weighted by atomic mass is 9.60. The number of aromatic nitrogens is 1. The van der Waals surface area contributed by atoms with Gasteiger partial charge in [0.1, 0.15) is 6.10 Å². The molecule has 3 atom stereocenters. The summed E-state index contributed by atoms with van der Waals surface area (Å²) in [5, 5.41) is 3.21. The number of ether oxygens (including phenoxy) is 2. The molecule has 2 saturated carbocycles. The zero-order valence-electron chi connectivity index (χ0n) is 14.3. The summed E-state index contributed by atoms with van der Waals surface area (Å²) >= 11 is 0. The van der Waals surface area contributed by atoms with Crippen LogP contribution in [0.15, 0.2) is 10.8 Å². The number of hydrogen-bond donors (Lipinski definition) is 1. The molecule has 1 amide bonds. The van der Waals surface area contributed by atoms with Crippen LogP contribution in [0.1, 0.15) is 74.2 Å². The van der Waals surface area contributed by atoms with Crippen LogP contribution in [0, 0.1) is 5.41 Å². The fraction of sp³-hybridized carbons (Fsp3) is 0.778. The largest absolute Gasteiger partial charge is 0.445 e. The molecule has 4 rings (SSSR count). The molecule has 3 fully saturated rings. The average Bonchev–Trinajstić information content (AvgIpc) is 3.34. The van der Waals surface area contributed by atoms with Crippen molar-refractivity contribution in [3.05, 3.63) is 17.8 Å². The Bertz CT molecular complexity index is 588. The Morgan fingerprint density at radius 2 is 2.25 bits per heavy atom. The fourth-order valence-corrected chi connectivity index (χ4v) is 4.75. The molecule has 132 valence electrons. The lowest BCUT2D eigenvalue weighted by Gasteiger charge is -2.54. The molecule has 24 heavy (non-hydrogen) atoms. The van der Waals surface area contributed by atoms with E-state index in [-0.39, 0.29) is 29.6 Å². The number of nitrogens with one attached hydrogen (secondary N) is 1. The molecule has 1 spiro atoms. The summed E-state index contributed by atoms with van der Waals surface area (Å²) in [5.41, 5.74) is 0.509. The van der Waals surface area contributed by atoms with Crippen LogP contribution in [0.3, 0.4) is 0 Å². The lowest BCUT2D eigenvalue weighted by Crippen LogP contribution is -2.63. The molecular formula is C18H26N2O4. The quantitative estimate of drug-likeness (QED) is 0.896. The van der Waals surface area contributed by atoms with Gasteiger partial charge in [-0.15, -0.1) is 0 Å². The maximum atomic E-state index is 12.8. The first-order valence-corrected chi connectivity index (χ1v) is 9.22. The number of nitrogens with zero attached hydrogens (tertiary/aromatic N) is 1. The molecule has 0 unspecified atom stereocenters. The van der Waals surface area contributed by atoms with Crippen LogP contribution in [0.25, 0.3) is 0 Å². The normalized spacial score (nSPS) is 31.3. The van der Waals surface area contributed by atoms with Crippen LogP contribution in [0.2, 0.25) is 0 Å². The second-order valence-corrected chi connectivity index (χ2v) is 7.21. The molecule has 1 aliphatic heterocycles. The number of amides is 1. The third-order valence-corrected chi connectivity index (χ3v) is 6.02. The van der Waals surface area contributed by atoms with E-state index in [0.29, 0.717) is 18.1 Å². The van der Waals surface area contributed by atoms with Gasteiger partial charge in [0.25, 0.3) is 5.91 Å². The highest BCUT2D eigenvalue weighted by Gasteiger charge is 2.57. The maximum absolute atomic E-state index is 12.8. The molecular weight excluding hydrogens is 308 g/mol. The Kier molecular flexibility index (Phi) is 4.35. The summed E-state index contributed by atoms with van der Waals surface area (Å²) in [6.07, 6.45) is 9.00. The number of rotatable bonds is 5. The summed E-state index contributed by atoms with van der Waals surface area (Å²) in [5.74, 6) is 0.437. The van der Waals surface area contributed by atoms with Gasteiger partial charge in [0, 0.05) is 24.7 Å². The highest BCUT2D eigenvalue weighted by Crippen LogP contribution is 2.54. The van der Waals surface area contributed by atoms with Crippen LogP contribution < -0.4 is 5.32 Å². The summed E-state index contributed by atoms with van der Waals surface area (Å²) in [7, 11) is 0. The first-order chi connectivity index (χ1) is 11.7. The van der Waals surface area contributed by atoms with E-state index in [4.69, 9.17) is 13.9 Å². The number of hydrogen-bond acceptors (Lipinski definition) is 5. The highest BCUT2D eigenvalue weighted by atomic mass is 16.5. The zero-order valence-corrected chi connectivity index (χ0v) is 14.3. The molecule has 0 aromatic carbocycles. The Morgan fingerprint density at radius 1 is 1.42 bits per heavy atom. The van der Waals surface area contributed by atoms with Crippen molar-refractivity contribution >= 4 is 5.91 Å². The predicted molar refractivity (Wildman–Crippen MR) is 86.6 cm³/mol. The molecule has 1 N–H and O–H groups in total. The monoisotopic (exact) mass is 334 g/mol. The molecule has 1 aromatic rings. The highest BCUT2D eigenvalue weighted by molar-refractivity contribution is 5.93. The lowest BCUT2D eigenvalue weighted by molar-refractivity contribution is -0.127. The third-order valence-electron chi connectivity index (χ3n) is 6.02. The Morgan fingerprint density at radius 3 is 2.96 bits per heavy atom. The van der Waals surface area contributed by atoms with E-state index in [1.54, 1.807) is 0 Å². The third kappa shape index (κ3) is 2.56. The molecule has 1 saturated heterocycles. The number of carbonyl (C=O) groups excluding carboxylic acids is 1. The Labute approximate surface area is 142 Å². The smallest absolute Gasteiger partial charge is 0.273 e. The van der Waals surface area contributed by atoms with Crippen LogP contribution in [-0.4, -0.2) is 36.3 Å². The van der Waals surface area contributed by atoms with E-state index in [9.17, 15) is 4.79 Å². The molecule has 1 aromatic heterocycles. The average molecular weight is 334 g/mol. The first kappa shape index (κ1) is 16.1. The topological polar surface area (TPSA) is 73.6 Å². The van der Waals surface area contributed by atoms with Crippen molar-refractivity contribution in [3.63, 3.8) is 0 Å². The minimum atomic E-state index is -0.138. The molecule has 2 aliphatic carbocycles. The SMILES string of the molecule is CCO[C@@H]1C[C@@H](NC(=O)c2ncoc2[C@H]2CCCO2)C12CCCC2. The van der Waals surface area contributed by atoms with Crippen molar-refractivity contribution in [2.24, 2.45) is 5.41 Å². The van der Waals surface area contributed by atoms with Gasteiger partial charge in [0.15, 0.2) is 17.8 Å². The zero-order chi connectivity index (χ0) is 16.6. The molecule has 2 heterocycles.